The van der Waals surface area contributed by atoms with Gasteiger partial charge in [0.2, 0.25) is 0 Å². The Balaban J connectivity index is 2.17. The molecule has 0 spiro atoms. The van der Waals surface area contributed by atoms with E-state index in [-0.39, 0.29) is 22.5 Å². The van der Waals surface area contributed by atoms with Gasteiger partial charge in [-0.05, 0) is 24.3 Å². The molecule has 0 aliphatic carbocycles. The number of aromatic carboxylic acids is 1. The molecule has 20 heavy (non-hydrogen) atoms. The van der Waals surface area contributed by atoms with Crippen molar-refractivity contribution >= 4 is 23.6 Å². The number of imide groups is 1. The fourth-order valence-electron chi connectivity index (χ4n) is 2.12. The molecule has 0 unspecified atom stereocenters. The van der Waals surface area contributed by atoms with Crippen LogP contribution in [0.15, 0.2) is 42.6 Å². The quantitative estimate of drug-likeness (QED) is 0.835. The number of anilines is 1. The molecule has 98 valence electrons. The number of carbonyl (C=O) groups is 3. The van der Waals surface area contributed by atoms with Crippen molar-refractivity contribution in [2.75, 3.05) is 4.90 Å². The SMILES string of the molecule is O=C(O)c1cccnc1N1C(=O)c2ccccc2C1=O. The molecule has 0 saturated carbocycles. The Labute approximate surface area is 113 Å². The molecule has 1 aliphatic heterocycles. The Bertz CT molecular complexity index is 719. The Kier molecular flexibility index (Phi) is 2.57. The van der Waals surface area contributed by atoms with E-state index in [1.807, 2.05) is 0 Å². The zero-order valence-corrected chi connectivity index (χ0v) is 10.1. The minimum atomic E-state index is -1.25. The van der Waals surface area contributed by atoms with Crippen LogP contribution in [0.2, 0.25) is 0 Å². The molecule has 3 rings (SSSR count). The molecule has 1 N–H and O–H groups in total. The van der Waals surface area contributed by atoms with E-state index in [4.69, 9.17) is 5.11 Å². The molecule has 0 fully saturated rings. The predicted molar refractivity (Wildman–Crippen MR) is 68.8 cm³/mol. The minimum Gasteiger partial charge on any atom is -0.478 e. The van der Waals surface area contributed by atoms with Crippen LogP contribution in [0.25, 0.3) is 0 Å². The number of carboxylic acid groups (broad SMARTS) is 1. The van der Waals surface area contributed by atoms with Gasteiger partial charge in [-0.2, -0.15) is 0 Å². The molecular formula is C14H8N2O4. The fourth-order valence-corrected chi connectivity index (χ4v) is 2.12. The van der Waals surface area contributed by atoms with Crippen LogP contribution in [0, 0.1) is 0 Å². The predicted octanol–water partition coefficient (Wildman–Crippen LogP) is 1.58. The lowest BCUT2D eigenvalue weighted by molar-refractivity contribution is 0.0697. The van der Waals surface area contributed by atoms with Crippen molar-refractivity contribution in [3.05, 3.63) is 59.3 Å². The Morgan fingerprint density at radius 1 is 1.00 bits per heavy atom. The third kappa shape index (κ3) is 1.58. The zero-order valence-electron chi connectivity index (χ0n) is 10.1. The maximum atomic E-state index is 12.3. The van der Waals surface area contributed by atoms with Crippen LogP contribution < -0.4 is 4.90 Å². The van der Waals surface area contributed by atoms with Crippen LogP contribution in [-0.4, -0.2) is 27.9 Å². The summed E-state index contributed by atoms with van der Waals surface area (Å²) in [6, 6.07) is 9.07. The summed E-state index contributed by atoms with van der Waals surface area (Å²) in [5, 5.41) is 9.13. The van der Waals surface area contributed by atoms with E-state index in [2.05, 4.69) is 4.98 Å². The normalized spacial score (nSPS) is 13.5. The van der Waals surface area contributed by atoms with Gasteiger partial charge in [0.25, 0.3) is 11.8 Å². The topological polar surface area (TPSA) is 87.6 Å². The van der Waals surface area contributed by atoms with Crippen LogP contribution in [0.3, 0.4) is 0 Å². The van der Waals surface area contributed by atoms with Crippen LogP contribution in [0.4, 0.5) is 5.82 Å². The summed E-state index contributed by atoms with van der Waals surface area (Å²) in [5.41, 5.74) is 0.306. The second kappa shape index (κ2) is 4.27. The second-order valence-corrected chi connectivity index (χ2v) is 4.17. The monoisotopic (exact) mass is 268 g/mol. The summed E-state index contributed by atoms with van der Waals surface area (Å²) in [6.45, 7) is 0. The highest BCUT2D eigenvalue weighted by Gasteiger charge is 2.38. The summed E-state index contributed by atoms with van der Waals surface area (Å²) < 4.78 is 0. The van der Waals surface area contributed by atoms with Gasteiger partial charge >= 0.3 is 5.97 Å². The summed E-state index contributed by atoms with van der Waals surface area (Å²) >= 11 is 0. The standard InChI is InChI=1S/C14H8N2O4/c17-12-8-4-1-2-5-9(8)13(18)16(12)11-10(14(19)20)6-3-7-15-11/h1-7H,(H,19,20). The van der Waals surface area contributed by atoms with Crippen molar-refractivity contribution in [2.24, 2.45) is 0 Å². The Hall–Kier alpha value is -3.02. The number of carboxylic acids is 1. The molecule has 0 saturated heterocycles. The summed E-state index contributed by atoms with van der Waals surface area (Å²) in [5.74, 6) is -2.53. The highest BCUT2D eigenvalue weighted by atomic mass is 16.4. The Morgan fingerprint density at radius 2 is 1.60 bits per heavy atom. The smallest absolute Gasteiger partial charge is 0.339 e. The second-order valence-electron chi connectivity index (χ2n) is 4.17. The first-order valence-electron chi connectivity index (χ1n) is 5.77. The van der Waals surface area contributed by atoms with Gasteiger partial charge in [0.05, 0.1) is 11.1 Å². The molecule has 2 amide bonds. The van der Waals surface area contributed by atoms with E-state index in [1.54, 1.807) is 12.1 Å². The molecule has 6 nitrogen and oxygen atoms in total. The molecule has 1 aromatic heterocycles. The number of pyridine rings is 1. The van der Waals surface area contributed by atoms with Gasteiger partial charge < -0.3 is 5.11 Å². The highest BCUT2D eigenvalue weighted by Crippen LogP contribution is 2.28. The lowest BCUT2D eigenvalue weighted by Crippen LogP contribution is -2.31. The first kappa shape index (κ1) is 12.0. The summed E-state index contributed by atoms with van der Waals surface area (Å²) in [7, 11) is 0. The lowest BCUT2D eigenvalue weighted by Gasteiger charge is -2.14. The highest BCUT2D eigenvalue weighted by molar-refractivity contribution is 6.34. The zero-order chi connectivity index (χ0) is 14.3. The van der Waals surface area contributed by atoms with E-state index >= 15 is 0 Å². The van der Waals surface area contributed by atoms with E-state index in [1.165, 1.54) is 30.5 Å². The molecular weight excluding hydrogens is 260 g/mol. The molecule has 0 radical (unpaired) electrons. The van der Waals surface area contributed by atoms with E-state index in [0.29, 0.717) is 0 Å². The van der Waals surface area contributed by atoms with Gasteiger partial charge in [-0.15, -0.1) is 0 Å². The number of aromatic nitrogens is 1. The molecule has 2 heterocycles. The first-order chi connectivity index (χ1) is 9.61. The van der Waals surface area contributed by atoms with Gasteiger partial charge in [-0.1, -0.05) is 12.1 Å². The number of carbonyl (C=O) groups excluding carboxylic acids is 2. The third-order valence-corrected chi connectivity index (χ3v) is 3.02. The van der Waals surface area contributed by atoms with Gasteiger partial charge in [0.15, 0.2) is 5.82 Å². The van der Waals surface area contributed by atoms with Gasteiger partial charge in [0.1, 0.15) is 5.56 Å². The molecule has 2 aromatic rings. The lowest BCUT2D eigenvalue weighted by atomic mass is 10.1. The number of nitrogens with zero attached hydrogens (tertiary/aromatic N) is 2. The number of rotatable bonds is 2. The van der Waals surface area contributed by atoms with Crippen LogP contribution in [0.1, 0.15) is 31.1 Å². The van der Waals surface area contributed by atoms with Crippen LogP contribution >= 0.6 is 0 Å². The van der Waals surface area contributed by atoms with Gasteiger partial charge in [-0.3, -0.25) is 9.59 Å². The number of fused-ring (bicyclic) bond motifs is 1. The molecule has 0 atom stereocenters. The number of hydrogen-bond donors (Lipinski definition) is 1. The van der Waals surface area contributed by atoms with Crippen molar-refractivity contribution < 1.29 is 19.5 Å². The maximum absolute atomic E-state index is 12.3. The van der Waals surface area contributed by atoms with Gasteiger partial charge in [0, 0.05) is 6.20 Å². The van der Waals surface area contributed by atoms with E-state index in [9.17, 15) is 14.4 Å². The van der Waals surface area contributed by atoms with Crippen molar-refractivity contribution in [2.45, 2.75) is 0 Å². The Morgan fingerprint density at radius 3 is 2.15 bits per heavy atom. The average Bonchev–Trinajstić information content (AvgIpc) is 2.71. The third-order valence-electron chi connectivity index (χ3n) is 3.02. The molecule has 0 bridgehead atoms. The molecule has 1 aliphatic rings. The largest absolute Gasteiger partial charge is 0.478 e. The number of benzene rings is 1. The van der Waals surface area contributed by atoms with Crippen LogP contribution in [0.5, 0.6) is 0 Å². The summed E-state index contributed by atoms with van der Waals surface area (Å²) in [6.07, 6.45) is 1.34. The van der Waals surface area contributed by atoms with E-state index in [0.717, 1.165) is 4.90 Å². The first-order valence-corrected chi connectivity index (χ1v) is 5.77. The van der Waals surface area contributed by atoms with Crippen molar-refractivity contribution in [3.63, 3.8) is 0 Å². The van der Waals surface area contributed by atoms with Crippen LogP contribution in [-0.2, 0) is 0 Å². The number of hydrogen-bond acceptors (Lipinski definition) is 4. The van der Waals surface area contributed by atoms with Crippen molar-refractivity contribution in [1.29, 1.82) is 0 Å². The minimum absolute atomic E-state index is 0.161. The summed E-state index contributed by atoms with van der Waals surface area (Å²) in [4.78, 5) is 40.4. The molecule has 1 aromatic carbocycles. The van der Waals surface area contributed by atoms with Crippen molar-refractivity contribution in [1.82, 2.24) is 4.98 Å². The van der Waals surface area contributed by atoms with E-state index < -0.39 is 17.8 Å². The maximum Gasteiger partial charge on any atom is 0.339 e. The fraction of sp³-hybridized carbons (Fsp3) is 0. The van der Waals surface area contributed by atoms with Crippen molar-refractivity contribution in [3.8, 4) is 0 Å². The average molecular weight is 268 g/mol. The van der Waals surface area contributed by atoms with Gasteiger partial charge in [-0.25, -0.2) is 14.7 Å². The number of amides is 2. The molecule has 6 heteroatoms.